The van der Waals surface area contributed by atoms with Gasteiger partial charge in [-0.15, -0.1) is 0 Å². The second-order valence-corrected chi connectivity index (χ2v) is 4.12. The first-order valence-corrected chi connectivity index (χ1v) is 6.17. The van der Waals surface area contributed by atoms with E-state index in [-0.39, 0.29) is 30.8 Å². The molecule has 0 aliphatic carbocycles. The van der Waals surface area contributed by atoms with Crippen LogP contribution in [0.4, 0.5) is 5.69 Å². The van der Waals surface area contributed by atoms with Crippen molar-refractivity contribution in [2.45, 2.75) is 6.42 Å². The topological polar surface area (TPSA) is 136 Å². The van der Waals surface area contributed by atoms with Gasteiger partial charge in [-0.1, -0.05) is 12.1 Å². The van der Waals surface area contributed by atoms with Gasteiger partial charge in [0.25, 0.3) is 5.91 Å². The molecule has 0 heterocycles. The summed E-state index contributed by atoms with van der Waals surface area (Å²) in [6.07, 6.45) is 0.580. The number of amides is 4. The highest BCUT2D eigenvalue weighted by molar-refractivity contribution is 6.40. The van der Waals surface area contributed by atoms with E-state index in [1.165, 1.54) is 12.1 Å². The third-order valence-corrected chi connectivity index (χ3v) is 2.62. The van der Waals surface area contributed by atoms with Gasteiger partial charge in [0, 0.05) is 12.2 Å². The van der Waals surface area contributed by atoms with Crippen molar-refractivity contribution in [3.8, 4) is 0 Å². The van der Waals surface area contributed by atoms with Crippen molar-refractivity contribution in [3.05, 3.63) is 29.8 Å². The van der Waals surface area contributed by atoms with Crippen LogP contribution < -0.4 is 16.8 Å². The fraction of sp³-hybridized carbons (Fsp3) is 0.231. The quantitative estimate of drug-likeness (QED) is 0.356. The summed E-state index contributed by atoms with van der Waals surface area (Å²) < 4.78 is 0. The lowest BCUT2D eigenvalue weighted by Crippen LogP contribution is -2.45. The molecule has 0 saturated carbocycles. The molecule has 0 radical (unpaired) electrons. The number of anilines is 1. The minimum absolute atomic E-state index is 0.00786. The number of hydrogen-bond donors (Lipinski definition) is 3. The summed E-state index contributed by atoms with van der Waals surface area (Å²) in [4.78, 5) is 46.6. The molecule has 0 atom stereocenters. The van der Waals surface area contributed by atoms with Gasteiger partial charge >= 0.3 is 11.8 Å². The van der Waals surface area contributed by atoms with Gasteiger partial charge in [-0.05, 0) is 25.1 Å². The second kappa shape index (κ2) is 7.75. The Morgan fingerprint density at radius 1 is 1.24 bits per heavy atom. The van der Waals surface area contributed by atoms with Crippen molar-refractivity contribution in [1.29, 1.82) is 0 Å². The van der Waals surface area contributed by atoms with Crippen molar-refractivity contribution in [3.63, 3.8) is 0 Å². The van der Waals surface area contributed by atoms with Crippen LogP contribution in [0.5, 0.6) is 0 Å². The minimum atomic E-state index is -1.20. The van der Waals surface area contributed by atoms with Gasteiger partial charge in [0.05, 0.1) is 5.56 Å². The SMILES string of the molecule is NCCCN(C=O)C(=O)C(=O)NC(=O)c1ccccc1N. The van der Waals surface area contributed by atoms with Gasteiger partial charge in [0.2, 0.25) is 6.41 Å². The zero-order valence-corrected chi connectivity index (χ0v) is 11.2. The summed E-state index contributed by atoms with van der Waals surface area (Å²) >= 11 is 0. The zero-order valence-electron chi connectivity index (χ0n) is 11.2. The van der Waals surface area contributed by atoms with Crippen molar-refractivity contribution in [1.82, 2.24) is 10.2 Å². The Morgan fingerprint density at radius 3 is 2.48 bits per heavy atom. The van der Waals surface area contributed by atoms with Crippen LogP contribution in [0, 0.1) is 0 Å². The van der Waals surface area contributed by atoms with E-state index in [2.05, 4.69) is 0 Å². The Balaban J connectivity index is 2.72. The molecule has 0 bridgehead atoms. The predicted octanol–water partition coefficient (Wildman–Crippen LogP) is -1.14. The van der Waals surface area contributed by atoms with Crippen LogP contribution in [0.25, 0.3) is 0 Å². The van der Waals surface area contributed by atoms with Crippen molar-refractivity contribution in [2.24, 2.45) is 5.73 Å². The molecule has 0 saturated heterocycles. The summed E-state index contributed by atoms with van der Waals surface area (Å²) in [6, 6.07) is 6.09. The highest BCUT2D eigenvalue weighted by Gasteiger charge is 2.23. The molecule has 8 heteroatoms. The number of para-hydroxylation sites is 1. The van der Waals surface area contributed by atoms with E-state index in [4.69, 9.17) is 11.5 Å². The number of nitrogens with zero attached hydrogens (tertiary/aromatic N) is 1. The maximum Gasteiger partial charge on any atom is 0.318 e. The number of carbonyl (C=O) groups is 4. The fourth-order valence-electron chi connectivity index (χ4n) is 1.52. The summed E-state index contributed by atoms with van der Waals surface area (Å²) in [7, 11) is 0. The van der Waals surface area contributed by atoms with Gasteiger partial charge in [-0.3, -0.25) is 29.4 Å². The fourth-order valence-corrected chi connectivity index (χ4v) is 1.52. The molecule has 0 unspecified atom stereocenters. The van der Waals surface area contributed by atoms with E-state index in [1.54, 1.807) is 12.1 Å². The minimum Gasteiger partial charge on any atom is -0.398 e. The predicted molar refractivity (Wildman–Crippen MR) is 74.8 cm³/mol. The number of carbonyl (C=O) groups excluding carboxylic acids is 4. The van der Waals surface area contributed by atoms with Crippen LogP contribution in [-0.4, -0.2) is 42.1 Å². The highest BCUT2D eigenvalue weighted by Crippen LogP contribution is 2.09. The largest absolute Gasteiger partial charge is 0.398 e. The van der Waals surface area contributed by atoms with Crippen LogP contribution in [0.3, 0.4) is 0 Å². The Bertz CT molecular complexity index is 559. The number of rotatable bonds is 5. The summed E-state index contributed by atoms with van der Waals surface area (Å²) in [6.45, 7) is 0.270. The number of nitrogens with one attached hydrogen (secondary N) is 1. The maximum atomic E-state index is 11.8. The smallest absolute Gasteiger partial charge is 0.318 e. The van der Waals surface area contributed by atoms with E-state index in [1.807, 2.05) is 5.32 Å². The molecule has 1 aromatic carbocycles. The van der Waals surface area contributed by atoms with E-state index in [9.17, 15) is 19.2 Å². The highest BCUT2D eigenvalue weighted by atomic mass is 16.2. The molecule has 21 heavy (non-hydrogen) atoms. The van der Waals surface area contributed by atoms with E-state index >= 15 is 0 Å². The van der Waals surface area contributed by atoms with Crippen molar-refractivity contribution < 1.29 is 19.2 Å². The molecule has 0 spiro atoms. The van der Waals surface area contributed by atoms with Crippen LogP contribution in [0.1, 0.15) is 16.8 Å². The first kappa shape index (κ1) is 16.3. The number of hydrogen-bond acceptors (Lipinski definition) is 6. The van der Waals surface area contributed by atoms with E-state index in [0.29, 0.717) is 11.3 Å². The number of imide groups is 2. The zero-order chi connectivity index (χ0) is 15.8. The molecule has 1 aromatic rings. The first-order valence-electron chi connectivity index (χ1n) is 6.17. The standard InChI is InChI=1S/C13H16N4O4/c14-6-3-7-17(8-18)13(21)12(20)16-11(19)9-4-1-2-5-10(9)15/h1-2,4-5,8H,3,6-7,14-15H2,(H,16,19,20). The number of nitrogens with two attached hydrogens (primary N) is 2. The molecule has 0 aliphatic rings. The molecule has 0 fully saturated rings. The summed E-state index contributed by atoms with van der Waals surface area (Å²) in [5.74, 6) is -3.13. The lowest BCUT2D eigenvalue weighted by molar-refractivity contribution is -0.148. The Labute approximate surface area is 121 Å². The Morgan fingerprint density at radius 2 is 1.90 bits per heavy atom. The lowest BCUT2D eigenvalue weighted by atomic mass is 10.1. The van der Waals surface area contributed by atoms with Crippen LogP contribution in [-0.2, 0) is 14.4 Å². The average molecular weight is 292 g/mol. The monoisotopic (exact) mass is 292 g/mol. The van der Waals surface area contributed by atoms with Gasteiger partial charge < -0.3 is 11.5 Å². The molecule has 1 rings (SSSR count). The summed E-state index contributed by atoms with van der Waals surface area (Å²) in [5, 5.41) is 1.89. The average Bonchev–Trinajstić information content (AvgIpc) is 2.48. The Hall–Kier alpha value is -2.74. The summed E-state index contributed by atoms with van der Waals surface area (Å²) in [5.41, 5.74) is 11.1. The molecule has 0 aliphatic heterocycles. The van der Waals surface area contributed by atoms with Gasteiger partial charge in [0.15, 0.2) is 0 Å². The van der Waals surface area contributed by atoms with E-state index in [0.717, 1.165) is 0 Å². The Kier molecular flexibility index (Phi) is 6.02. The third-order valence-electron chi connectivity index (χ3n) is 2.62. The molecule has 5 N–H and O–H groups in total. The van der Waals surface area contributed by atoms with E-state index < -0.39 is 17.7 Å². The molecule has 0 aromatic heterocycles. The lowest BCUT2D eigenvalue weighted by Gasteiger charge is -2.14. The third kappa shape index (κ3) is 4.39. The second-order valence-electron chi connectivity index (χ2n) is 4.12. The molecular formula is C13H16N4O4. The first-order chi connectivity index (χ1) is 10.0. The van der Waals surface area contributed by atoms with Crippen molar-refractivity contribution >= 4 is 29.8 Å². The molecular weight excluding hydrogens is 276 g/mol. The number of nitrogen functional groups attached to an aromatic ring is 1. The molecule has 4 amide bonds. The van der Waals surface area contributed by atoms with Crippen LogP contribution >= 0.6 is 0 Å². The van der Waals surface area contributed by atoms with Gasteiger partial charge in [-0.25, -0.2) is 0 Å². The van der Waals surface area contributed by atoms with Crippen LogP contribution in [0.15, 0.2) is 24.3 Å². The van der Waals surface area contributed by atoms with Crippen LogP contribution in [0.2, 0.25) is 0 Å². The molecule has 112 valence electrons. The maximum absolute atomic E-state index is 11.8. The van der Waals surface area contributed by atoms with Gasteiger partial charge in [-0.2, -0.15) is 0 Å². The molecule has 8 nitrogen and oxygen atoms in total. The van der Waals surface area contributed by atoms with Crippen molar-refractivity contribution in [2.75, 3.05) is 18.8 Å². The normalized spacial score (nSPS) is 9.76. The van der Waals surface area contributed by atoms with Gasteiger partial charge in [0.1, 0.15) is 0 Å². The number of benzene rings is 1.